The summed E-state index contributed by atoms with van der Waals surface area (Å²) in [4.78, 5) is 10.6. The van der Waals surface area contributed by atoms with Gasteiger partial charge >= 0.3 is 0 Å². The van der Waals surface area contributed by atoms with Gasteiger partial charge in [-0.15, -0.1) is 0 Å². The van der Waals surface area contributed by atoms with Crippen molar-refractivity contribution in [3.63, 3.8) is 0 Å². The number of aromatic nitrogens is 2. The Bertz CT molecular complexity index is 570. The van der Waals surface area contributed by atoms with Crippen LogP contribution in [0.1, 0.15) is 23.5 Å². The number of anilines is 1. The van der Waals surface area contributed by atoms with Crippen LogP contribution in [0.3, 0.4) is 0 Å². The monoisotopic (exact) mass is 282 g/mol. The lowest BCUT2D eigenvalue weighted by atomic mass is 9.94. The summed E-state index contributed by atoms with van der Waals surface area (Å²) < 4.78 is 0. The van der Waals surface area contributed by atoms with Gasteiger partial charge in [-0.1, -0.05) is 24.3 Å². The van der Waals surface area contributed by atoms with Crippen LogP contribution >= 0.6 is 0 Å². The van der Waals surface area contributed by atoms with Crippen molar-refractivity contribution in [3.05, 3.63) is 54.0 Å². The van der Waals surface area contributed by atoms with Gasteiger partial charge in [0.1, 0.15) is 12.1 Å². The van der Waals surface area contributed by atoms with Crippen LogP contribution in [0.4, 0.5) is 5.82 Å². The summed E-state index contributed by atoms with van der Waals surface area (Å²) in [7, 11) is 0. The minimum atomic E-state index is 0.685. The number of nitrogens with one attached hydrogen (secondary N) is 1. The highest BCUT2D eigenvalue weighted by molar-refractivity contribution is 5.32. The molecule has 1 aromatic carbocycles. The van der Waals surface area contributed by atoms with E-state index < -0.39 is 0 Å². The summed E-state index contributed by atoms with van der Waals surface area (Å²) >= 11 is 0. The van der Waals surface area contributed by atoms with E-state index in [1.165, 1.54) is 24.1 Å². The van der Waals surface area contributed by atoms with E-state index in [0.29, 0.717) is 5.92 Å². The minimum absolute atomic E-state index is 0.685. The molecule has 0 bridgehead atoms. The molecular weight excluding hydrogens is 260 g/mol. The molecule has 1 fully saturated rings. The number of nitrogens with zero attached hydrogens (tertiary/aromatic N) is 3. The van der Waals surface area contributed by atoms with Gasteiger partial charge in [-0.25, -0.2) is 9.97 Å². The Kier molecular flexibility index (Phi) is 4.46. The van der Waals surface area contributed by atoms with Gasteiger partial charge in [0, 0.05) is 25.8 Å². The van der Waals surface area contributed by atoms with Gasteiger partial charge < -0.3 is 10.2 Å². The SMILES string of the molecule is Cc1ccccc1[C@@H]1CCN(CCNc2ccncn2)C1. The summed E-state index contributed by atoms with van der Waals surface area (Å²) in [6, 6.07) is 10.7. The fourth-order valence-electron chi connectivity index (χ4n) is 3.07. The first kappa shape index (κ1) is 14.0. The summed E-state index contributed by atoms with van der Waals surface area (Å²) in [5.74, 6) is 1.59. The van der Waals surface area contributed by atoms with Crippen LogP contribution in [0.5, 0.6) is 0 Å². The molecule has 1 N–H and O–H groups in total. The van der Waals surface area contributed by atoms with E-state index >= 15 is 0 Å². The van der Waals surface area contributed by atoms with Crippen molar-refractivity contribution >= 4 is 5.82 Å². The highest BCUT2D eigenvalue weighted by Gasteiger charge is 2.24. The van der Waals surface area contributed by atoms with E-state index in [1.807, 2.05) is 6.07 Å². The summed E-state index contributed by atoms with van der Waals surface area (Å²) in [5, 5.41) is 3.34. The maximum absolute atomic E-state index is 4.18. The van der Waals surface area contributed by atoms with Crippen LogP contribution in [0.25, 0.3) is 0 Å². The molecular formula is C17H22N4. The Morgan fingerprint density at radius 3 is 3.00 bits per heavy atom. The number of benzene rings is 1. The van der Waals surface area contributed by atoms with Crippen LogP contribution in [0.2, 0.25) is 0 Å². The van der Waals surface area contributed by atoms with E-state index in [4.69, 9.17) is 0 Å². The van der Waals surface area contributed by atoms with Gasteiger partial charge in [-0.3, -0.25) is 0 Å². The van der Waals surface area contributed by atoms with Gasteiger partial charge in [0.2, 0.25) is 0 Å². The second kappa shape index (κ2) is 6.68. The van der Waals surface area contributed by atoms with Crippen molar-refractivity contribution in [2.24, 2.45) is 0 Å². The molecule has 0 saturated carbocycles. The topological polar surface area (TPSA) is 41.0 Å². The molecule has 1 atom stereocenters. The van der Waals surface area contributed by atoms with Crippen molar-refractivity contribution < 1.29 is 0 Å². The lowest BCUT2D eigenvalue weighted by Gasteiger charge is -2.17. The Hall–Kier alpha value is -1.94. The van der Waals surface area contributed by atoms with Crippen LogP contribution in [0.15, 0.2) is 42.9 Å². The first-order valence-electron chi connectivity index (χ1n) is 7.60. The van der Waals surface area contributed by atoms with Crippen LogP contribution in [-0.2, 0) is 0 Å². The quantitative estimate of drug-likeness (QED) is 0.915. The standard InChI is InChI=1S/C17H22N4/c1-14-4-2-3-5-16(14)15-7-10-21(12-15)11-9-19-17-6-8-18-13-20-17/h2-6,8,13,15H,7,9-12H2,1H3,(H,18,19,20)/t15-/m1/s1. The van der Waals surface area contributed by atoms with Gasteiger partial charge in [0.25, 0.3) is 0 Å². The maximum atomic E-state index is 4.18. The van der Waals surface area contributed by atoms with Gasteiger partial charge in [0.05, 0.1) is 0 Å². The van der Waals surface area contributed by atoms with E-state index in [-0.39, 0.29) is 0 Å². The molecule has 1 aliphatic heterocycles. The first-order valence-corrected chi connectivity index (χ1v) is 7.60. The Morgan fingerprint density at radius 2 is 2.19 bits per heavy atom. The number of hydrogen-bond donors (Lipinski definition) is 1. The third-order valence-electron chi connectivity index (χ3n) is 4.22. The molecule has 0 spiro atoms. The van der Waals surface area contributed by atoms with Crippen molar-refractivity contribution in [3.8, 4) is 0 Å². The van der Waals surface area contributed by atoms with Crippen LogP contribution < -0.4 is 5.32 Å². The lowest BCUT2D eigenvalue weighted by Crippen LogP contribution is -2.27. The molecule has 110 valence electrons. The van der Waals surface area contributed by atoms with E-state index in [1.54, 1.807) is 12.5 Å². The molecule has 3 rings (SSSR count). The Balaban J connectivity index is 1.48. The molecule has 2 heterocycles. The van der Waals surface area contributed by atoms with Crippen molar-refractivity contribution in [2.45, 2.75) is 19.3 Å². The molecule has 0 aliphatic carbocycles. The number of hydrogen-bond acceptors (Lipinski definition) is 4. The third kappa shape index (κ3) is 3.58. The zero-order chi connectivity index (χ0) is 14.5. The molecule has 2 aromatic rings. The number of rotatable bonds is 5. The third-order valence-corrected chi connectivity index (χ3v) is 4.22. The van der Waals surface area contributed by atoms with E-state index in [2.05, 4.69) is 51.4 Å². The average molecular weight is 282 g/mol. The molecule has 0 amide bonds. The van der Waals surface area contributed by atoms with Gasteiger partial charge in [0.15, 0.2) is 0 Å². The van der Waals surface area contributed by atoms with Crippen molar-refractivity contribution in [2.75, 3.05) is 31.5 Å². The largest absolute Gasteiger partial charge is 0.369 e. The molecule has 1 aliphatic rings. The molecule has 21 heavy (non-hydrogen) atoms. The highest BCUT2D eigenvalue weighted by atomic mass is 15.2. The highest BCUT2D eigenvalue weighted by Crippen LogP contribution is 2.28. The normalized spacial score (nSPS) is 18.8. The summed E-state index contributed by atoms with van der Waals surface area (Å²) in [6.07, 6.45) is 4.60. The second-order valence-corrected chi connectivity index (χ2v) is 5.66. The van der Waals surface area contributed by atoms with Gasteiger partial charge in [-0.05, 0) is 43.0 Å². The fraction of sp³-hybridized carbons (Fsp3) is 0.412. The predicted molar refractivity (Wildman–Crippen MR) is 85.5 cm³/mol. The molecule has 0 radical (unpaired) electrons. The molecule has 1 aromatic heterocycles. The smallest absolute Gasteiger partial charge is 0.129 e. The average Bonchev–Trinajstić information content (AvgIpc) is 2.97. The van der Waals surface area contributed by atoms with E-state index in [9.17, 15) is 0 Å². The molecule has 4 heteroatoms. The van der Waals surface area contributed by atoms with Crippen molar-refractivity contribution in [1.82, 2.24) is 14.9 Å². The maximum Gasteiger partial charge on any atom is 0.129 e. The van der Waals surface area contributed by atoms with Crippen LogP contribution in [-0.4, -0.2) is 41.0 Å². The minimum Gasteiger partial charge on any atom is -0.369 e. The molecule has 1 saturated heterocycles. The second-order valence-electron chi connectivity index (χ2n) is 5.66. The summed E-state index contributed by atoms with van der Waals surface area (Å²) in [6.45, 7) is 6.55. The molecule has 0 unspecified atom stereocenters. The zero-order valence-corrected chi connectivity index (χ0v) is 12.5. The first-order chi connectivity index (χ1) is 10.3. The Labute approximate surface area is 126 Å². The lowest BCUT2D eigenvalue weighted by molar-refractivity contribution is 0.347. The molecule has 4 nitrogen and oxygen atoms in total. The van der Waals surface area contributed by atoms with Crippen LogP contribution in [0, 0.1) is 6.92 Å². The number of likely N-dealkylation sites (tertiary alicyclic amines) is 1. The summed E-state index contributed by atoms with van der Waals surface area (Å²) in [5.41, 5.74) is 2.94. The number of aryl methyl sites for hydroxylation is 1. The predicted octanol–water partition coefficient (Wildman–Crippen LogP) is 2.69. The zero-order valence-electron chi connectivity index (χ0n) is 12.5. The fourth-order valence-corrected chi connectivity index (χ4v) is 3.07. The van der Waals surface area contributed by atoms with Gasteiger partial charge in [-0.2, -0.15) is 0 Å². The Morgan fingerprint density at radius 1 is 1.29 bits per heavy atom. The van der Waals surface area contributed by atoms with E-state index in [0.717, 1.165) is 25.5 Å². The van der Waals surface area contributed by atoms with Crippen molar-refractivity contribution in [1.29, 1.82) is 0 Å².